The molecule has 2 aromatic heterocycles. The molecular formula is C19H30N6O. The minimum atomic E-state index is 0.502. The first-order valence-corrected chi connectivity index (χ1v) is 9.64. The minimum Gasteiger partial charge on any atom is -0.461 e. The van der Waals surface area contributed by atoms with Crippen molar-refractivity contribution in [3.63, 3.8) is 0 Å². The summed E-state index contributed by atoms with van der Waals surface area (Å²) >= 11 is 0. The van der Waals surface area contributed by atoms with E-state index in [2.05, 4.69) is 46.6 Å². The van der Waals surface area contributed by atoms with Gasteiger partial charge in [-0.15, -0.1) is 0 Å². The van der Waals surface area contributed by atoms with E-state index in [1.54, 1.807) is 6.26 Å². The van der Waals surface area contributed by atoms with E-state index in [1.807, 2.05) is 12.1 Å². The maximum absolute atomic E-state index is 5.32. The van der Waals surface area contributed by atoms with Crippen LogP contribution in [-0.2, 0) is 6.42 Å². The van der Waals surface area contributed by atoms with Crippen LogP contribution in [0.3, 0.4) is 0 Å². The molecule has 0 bridgehead atoms. The summed E-state index contributed by atoms with van der Waals surface area (Å²) < 4.78 is 5.32. The first-order valence-electron chi connectivity index (χ1n) is 9.64. The Labute approximate surface area is 155 Å². The van der Waals surface area contributed by atoms with Crippen molar-refractivity contribution in [3.8, 4) is 11.6 Å². The number of guanidine groups is 1. The van der Waals surface area contributed by atoms with Gasteiger partial charge in [0, 0.05) is 25.6 Å². The van der Waals surface area contributed by atoms with E-state index in [-0.39, 0.29) is 0 Å². The molecule has 1 aliphatic carbocycles. The Bertz CT molecular complexity index is 683. The summed E-state index contributed by atoms with van der Waals surface area (Å²) in [5.74, 6) is 4.51. The van der Waals surface area contributed by atoms with Crippen LogP contribution in [0.5, 0.6) is 0 Å². The standard InChI is InChI=1S/C19H30N6O/c1-4-20-19(22-15-11-13(2)10-14(3)12-15)21-8-7-17-23-18(25-24-17)16-6-5-9-26-16/h5-6,9,13-15H,4,7-8,10-12H2,1-3H3,(H2,20,21,22)(H,23,24,25). The van der Waals surface area contributed by atoms with Crippen LogP contribution in [0, 0.1) is 11.8 Å². The molecule has 1 saturated carbocycles. The lowest BCUT2D eigenvalue weighted by Gasteiger charge is -2.32. The second-order valence-corrected chi connectivity index (χ2v) is 7.35. The molecule has 0 radical (unpaired) electrons. The summed E-state index contributed by atoms with van der Waals surface area (Å²) in [5, 5.41) is 14.1. The van der Waals surface area contributed by atoms with Gasteiger partial charge >= 0.3 is 0 Å². The summed E-state index contributed by atoms with van der Waals surface area (Å²) in [6.45, 7) is 8.29. The third-order valence-electron chi connectivity index (χ3n) is 4.76. The zero-order valence-electron chi connectivity index (χ0n) is 16.0. The van der Waals surface area contributed by atoms with E-state index in [4.69, 9.17) is 9.41 Å². The van der Waals surface area contributed by atoms with Crippen LogP contribution in [0.4, 0.5) is 0 Å². The molecule has 0 aromatic carbocycles. The number of aromatic amines is 1. The van der Waals surface area contributed by atoms with E-state index in [1.165, 1.54) is 19.3 Å². The topological polar surface area (TPSA) is 91.1 Å². The zero-order valence-corrected chi connectivity index (χ0v) is 16.0. The molecule has 3 rings (SSSR count). The Hall–Kier alpha value is -2.31. The van der Waals surface area contributed by atoms with Gasteiger partial charge in [0.1, 0.15) is 5.82 Å². The SMILES string of the molecule is CCNC(=NCCc1nc(-c2ccco2)n[nH]1)NC1CC(C)CC(C)C1. The third kappa shape index (κ3) is 5.09. The van der Waals surface area contributed by atoms with Crippen molar-refractivity contribution < 1.29 is 4.42 Å². The molecule has 0 amide bonds. The quantitative estimate of drug-likeness (QED) is 0.545. The highest BCUT2D eigenvalue weighted by atomic mass is 16.3. The molecule has 1 fully saturated rings. The molecule has 0 aliphatic heterocycles. The van der Waals surface area contributed by atoms with Gasteiger partial charge in [-0.2, -0.15) is 5.10 Å². The van der Waals surface area contributed by atoms with E-state index >= 15 is 0 Å². The molecule has 2 heterocycles. The fraction of sp³-hybridized carbons (Fsp3) is 0.632. The van der Waals surface area contributed by atoms with Gasteiger partial charge in [0.05, 0.1) is 6.26 Å². The molecule has 7 nitrogen and oxygen atoms in total. The molecule has 1 aliphatic rings. The number of rotatable bonds is 6. The van der Waals surface area contributed by atoms with Gasteiger partial charge in [0.25, 0.3) is 0 Å². The highest BCUT2D eigenvalue weighted by Crippen LogP contribution is 2.28. The van der Waals surface area contributed by atoms with Crippen LogP contribution in [0.1, 0.15) is 45.9 Å². The number of H-pyrrole nitrogens is 1. The summed E-state index contributed by atoms with van der Waals surface area (Å²) in [5.41, 5.74) is 0. The number of aliphatic imine (C=N–C) groups is 1. The van der Waals surface area contributed by atoms with Crippen molar-refractivity contribution in [2.24, 2.45) is 16.8 Å². The lowest BCUT2D eigenvalue weighted by atomic mass is 9.80. The number of furan rings is 1. The highest BCUT2D eigenvalue weighted by Gasteiger charge is 2.24. The second-order valence-electron chi connectivity index (χ2n) is 7.35. The Morgan fingerprint density at radius 3 is 2.81 bits per heavy atom. The molecular weight excluding hydrogens is 328 g/mol. The van der Waals surface area contributed by atoms with Crippen molar-refractivity contribution in [2.45, 2.75) is 52.5 Å². The molecule has 2 atom stereocenters. The Morgan fingerprint density at radius 2 is 2.12 bits per heavy atom. The molecule has 2 aromatic rings. The normalized spacial score (nSPS) is 23.8. The predicted molar refractivity (Wildman–Crippen MR) is 103 cm³/mol. The smallest absolute Gasteiger partial charge is 0.216 e. The molecule has 2 unspecified atom stereocenters. The van der Waals surface area contributed by atoms with Crippen LogP contribution in [-0.4, -0.2) is 40.3 Å². The first kappa shape index (κ1) is 18.5. The van der Waals surface area contributed by atoms with Gasteiger partial charge < -0.3 is 15.1 Å². The van der Waals surface area contributed by atoms with Gasteiger partial charge in [0.15, 0.2) is 11.7 Å². The maximum atomic E-state index is 5.32. The van der Waals surface area contributed by atoms with Gasteiger partial charge in [-0.25, -0.2) is 4.98 Å². The van der Waals surface area contributed by atoms with Gasteiger partial charge in [-0.05, 0) is 50.2 Å². The fourth-order valence-corrected chi connectivity index (χ4v) is 3.77. The Balaban J connectivity index is 1.54. The van der Waals surface area contributed by atoms with Crippen LogP contribution < -0.4 is 10.6 Å². The molecule has 26 heavy (non-hydrogen) atoms. The Morgan fingerprint density at radius 1 is 1.31 bits per heavy atom. The van der Waals surface area contributed by atoms with Crippen molar-refractivity contribution in [2.75, 3.05) is 13.1 Å². The van der Waals surface area contributed by atoms with Crippen molar-refractivity contribution in [1.29, 1.82) is 0 Å². The van der Waals surface area contributed by atoms with Crippen LogP contribution in [0.15, 0.2) is 27.8 Å². The van der Waals surface area contributed by atoms with Gasteiger partial charge in [0.2, 0.25) is 5.82 Å². The van der Waals surface area contributed by atoms with E-state index in [0.717, 1.165) is 30.2 Å². The molecule has 142 valence electrons. The second kappa shape index (κ2) is 8.87. The van der Waals surface area contributed by atoms with E-state index in [9.17, 15) is 0 Å². The number of hydrogen-bond acceptors (Lipinski definition) is 4. The fourth-order valence-electron chi connectivity index (χ4n) is 3.77. The lowest BCUT2D eigenvalue weighted by Crippen LogP contribution is -2.46. The molecule has 7 heteroatoms. The number of aromatic nitrogens is 3. The molecule has 0 spiro atoms. The van der Waals surface area contributed by atoms with E-state index in [0.29, 0.717) is 30.6 Å². The van der Waals surface area contributed by atoms with Gasteiger partial charge in [-0.1, -0.05) is 13.8 Å². The summed E-state index contributed by atoms with van der Waals surface area (Å²) in [6, 6.07) is 4.18. The largest absolute Gasteiger partial charge is 0.461 e. The zero-order chi connectivity index (χ0) is 18.4. The number of hydrogen-bond donors (Lipinski definition) is 3. The van der Waals surface area contributed by atoms with E-state index < -0.39 is 0 Å². The van der Waals surface area contributed by atoms with Crippen LogP contribution in [0.2, 0.25) is 0 Å². The third-order valence-corrected chi connectivity index (χ3v) is 4.76. The number of nitrogens with zero attached hydrogens (tertiary/aromatic N) is 3. The first-order chi connectivity index (χ1) is 12.6. The lowest BCUT2D eigenvalue weighted by molar-refractivity contribution is 0.255. The monoisotopic (exact) mass is 358 g/mol. The van der Waals surface area contributed by atoms with Gasteiger partial charge in [-0.3, -0.25) is 10.1 Å². The minimum absolute atomic E-state index is 0.502. The van der Waals surface area contributed by atoms with Crippen molar-refractivity contribution >= 4 is 5.96 Å². The van der Waals surface area contributed by atoms with Crippen molar-refractivity contribution in [1.82, 2.24) is 25.8 Å². The summed E-state index contributed by atoms with van der Waals surface area (Å²) in [4.78, 5) is 9.17. The maximum Gasteiger partial charge on any atom is 0.216 e. The average molecular weight is 358 g/mol. The van der Waals surface area contributed by atoms with Crippen LogP contribution in [0.25, 0.3) is 11.6 Å². The Kier molecular flexibility index (Phi) is 6.30. The molecule has 0 saturated heterocycles. The summed E-state index contributed by atoms with van der Waals surface area (Å²) in [7, 11) is 0. The average Bonchev–Trinajstić information content (AvgIpc) is 3.25. The van der Waals surface area contributed by atoms with Crippen molar-refractivity contribution in [3.05, 3.63) is 24.2 Å². The summed E-state index contributed by atoms with van der Waals surface area (Å²) in [6.07, 6.45) is 6.08. The van der Waals surface area contributed by atoms with Crippen LogP contribution >= 0.6 is 0 Å². The highest BCUT2D eigenvalue weighted by molar-refractivity contribution is 5.80. The number of nitrogens with one attached hydrogen (secondary N) is 3. The molecule has 3 N–H and O–H groups in total. The predicted octanol–water partition coefficient (Wildman–Crippen LogP) is 2.99.